The van der Waals surface area contributed by atoms with Crippen molar-refractivity contribution >= 4 is 17.1 Å². The summed E-state index contributed by atoms with van der Waals surface area (Å²) in [5, 5.41) is 13.0. The Kier molecular flexibility index (Phi) is 7.91. The molecule has 0 saturated carbocycles. The summed E-state index contributed by atoms with van der Waals surface area (Å²) in [6.45, 7) is 7.43. The monoisotopic (exact) mass is 438 g/mol. The number of benzene rings is 2. The molecule has 0 aliphatic rings. The fraction of sp³-hybridized carbons (Fsp3) is 0.462. The maximum atomic E-state index is 11.3. The number of carboxylic acids is 1. The number of carbonyl (C=O) groups is 1. The Balaban J connectivity index is 1.78. The predicted octanol–water partition coefficient (Wildman–Crippen LogP) is 6.43. The van der Waals surface area contributed by atoms with E-state index in [1.807, 2.05) is 48.5 Å². The Labute approximate surface area is 190 Å². The molecule has 0 saturated heterocycles. The molecule has 2 N–H and O–H groups in total. The zero-order valence-electron chi connectivity index (χ0n) is 19.4. The minimum atomic E-state index is -1.28. The summed E-state index contributed by atoms with van der Waals surface area (Å²) >= 11 is 0. The lowest BCUT2D eigenvalue weighted by molar-refractivity contribution is -0.152. The van der Waals surface area contributed by atoms with Crippen LogP contribution in [0.15, 0.2) is 52.9 Å². The van der Waals surface area contributed by atoms with Gasteiger partial charge in [0.1, 0.15) is 11.3 Å². The summed E-state index contributed by atoms with van der Waals surface area (Å²) in [4.78, 5) is 16.1. The van der Waals surface area contributed by atoms with E-state index in [-0.39, 0.29) is 12.1 Å². The highest BCUT2D eigenvalue weighted by Crippen LogP contribution is 2.29. The van der Waals surface area contributed by atoms with Crippen LogP contribution in [-0.4, -0.2) is 21.7 Å². The molecule has 0 spiro atoms. The zero-order valence-corrected chi connectivity index (χ0v) is 19.4. The highest BCUT2D eigenvalue weighted by atomic mass is 16.5. The number of oxazole rings is 1. The second kappa shape index (κ2) is 10.6. The van der Waals surface area contributed by atoms with Crippen molar-refractivity contribution in [3.8, 4) is 5.75 Å². The lowest BCUT2D eigenvalue weighted by atomic mass is 10.0. The lowest BCUT2D eigenvalue weighted by Crippen LogP contribution is -2.37. The minimum absolute atomic E-state index is 0.0146. The van der Waals surface area contributed by atoms with Crippen molar-refractivity contribution in [2.24, 2.45) is 0 Å². The van der Waals surface area contributed by atoms with Crippen molar-refractivity contribution in [1.29, 1.82) is 0 Å². The molecule has 2 unspecified atom stereocenters. The molecule has 6 nitrogen and oxygen atoms in total. The number of fused-ring (bicyclic) bond motifs is 1. The molecule has 2 atom stereocenters. The molecular weight excluding hydrogens is 404 g/mol. The van der Waals surface area contributed by atoms with Crippen LogP contribution < -0.4 is 10.1 Å². The van der Waals surface area contributed by atoms with Gasteiger partial charge in [0.2, 0.25) is 5.89 Å². The Morgan fingerprint density at radius 1 is 1.09 bits per heavy atom. The van der Waals surface area contributed by atoms with Gasteiger partial charge in [-0.1, -0.05) is 57.4 Å². The molecule has 0 bridgehead atoms. The van der Waals surface area contributed by atoms with Crippen LogP contribution in [0.1, 0.15) is 83.3 Å². The second-order valence-electron chi connectivity index (χ2n) is 8.68. The zero-order chi connectivity index (χ0) is 23.1. The molecule has 1 heterocycles. The number of ether oxygens (including phenoxy) is 1. The van der Waals surface area contributed by atoms with Crippen LogP contribution in [0, 0.1) is 0 Å². The van der Waals surface area contributed by atoms with Crippen LogP contribution in [0.3, 0.4) is 0 Å². The summed E-state index contributed by atoms with van der Waals surface area (Å²) < 4.78 is 11.7. The van der Waals surface area contributed by atoms with E-state index in [0.717, 1.165) is 48.2 Å². The van der Waals surface area contributed by atoms with E-state index in [1.165, 1.54) is 6.42 Å². The van der Waals surface area contributed by atoms with Gasteiger partial charge in [-0.25, -0.2) is 9.78 Å². The van der Waals surface area contributed by atoms with Crippen LogP contribution in [0.4, 0.5) is 0 Å². The molecule has 0 aliphatic heterocycles. The molecule has 0 amide bonds. The van der Waals surface area contributed by atoms with E-state index in [2.05, 4.69) is 19.2 Å². The first kappa shape index (κ1) is 23.8. The number of aromatic nitrogens is 1. The van der Waals surface area contributed by atoms with E-state index in [9.17, 15) is 9.90 Å². The fourth-order valence-electron chi connectivity index (χ4n) is 3.71. The summed E-state index contributed by atoms with van der Waals surface area (Å²) in [6.07, 6.45) is 5.27. The highest BCUT2D eigenvalue weighted by Gasteiger charge is 2.29. The molecule has 0 fully saturated rings. The second-order valence-corrected chi connectivity index (χ2v) is 8.68. The number of hydrogen-bond donors (Lipinski definition) is 2. The van der Waals surface area contributed by atoms with Crippen LogP contribution in [0.5, 0.6) is 5.75 Å². The van der Waals surface area contributed by atoms with Crippen molar-refractivity contribution in [3.63, 3.8) is 0 Å². The quantitative estimate of drug-likeness (QED) is 0.317. The highest BCUT2D eigenvalue weighted by molar-refractivity contribution is 5.76. The minimum Gasteiger partial charge on any atom is -0.478 e. The number of unbranched alkanes of at least 4 members (excludes halogenated alkanes) is 2. The maximum Gasteiger partial charge on any atom is 0.347 e. The third kappa shape index (κ3) is 5.88. The predicted molar refractivity (Wildman–Crippen MR) is 126 cm³/mol. The van der Waals surface area contributed by atoms with Gasteiger partial charge in [0, 0.05) is 6.04 Å². The van der Waals surface area contributed by atoms with Gasteiger partial charge < -0.3 is 14.3 Å². The largest absolute Gasteiger partial charge is 0.478 e. The number of aliphatic carboxylic acids is 1. The van der Waals surface area contributed by atoms with Gasteiger partial charge in [-0.05, 0) is 56.5 Å². The summed E-state index contributed by atoms with van der Waals surface area (Å²) in [6, 6.07) is 15.6. The van der Waals surface area contributed by atoms with Gasteiger partial charge in [0.15, 0.2) is 11.2 Å². The van der Waals surface area contributed by atoms with E-state index >= 15 is 0 Å². The van der Waals surface area contributed by atoms with Gasteiger partial charge in [-0.3, -0.25) is 5.32 Å². The third-order valence-corrected chi connectivity index (χ3v) is 5.69. The molecule has 0 radical (unpaired) electrons. The first-order valence-corrected chi connectivity index (χ1v) is 11.5. The molecular formula is C26H34N2O4. The molecule has 3 aromatic rings. The number of nitrogens with zero attached hydrogens (tertiary/aromatic N) is 1. The molecule has 2 aromatic carbocycles. The van der Waals surface area contributed by atoms with Crippen LogP contribution >= 0.6 is 0 Å². The smallest absolute Gasteiger partial charge is 0.347 e. The molecule has 32 heavy (non-hydrogen) atoms. The topological polar surface area (TPSA) is 84.6 Å². The Morgan fingerprint density at radius 2 is 1.81 bits per heavy atom. The lowest BCUT2D eigenvalue weighted by Gasteiger charge is -2.25. The van der Waals surface area contributed by atoms with Crippen molar-refractivity contribution in [1.82, 2.24) is 10.3 Å². The standard InChI is InChI=1S/C26H34N2O4/c1-5-7-8-12-22(24-28-21-11-9-10-13-23(21)31-24)27-20(6-2)18-14-16-19(17-15-18)32-26(3,4)25(29)30/h9-11,13-17,20,22,27H,5-8,12H2,1-4H3,(H,29,30). The average molecular weight is 439 g/mol. The maximum absolute atomic E-state index is 11.3. The van der Waals surface area contributed by atoms with Gasteiger partial charge >= 0.3 is 5.97 Å². The summed E-state index contributed by atoms with van der Waals surface area (Å²) in [5.74, 6) is 0.265. The van der Waals surface area contributed by atoms with Crippen molar-refractivity contribution in [3.05, 3.63) is 60.0 Å². The molecule has 6 heteroatoms. The molecule has 1 aromatic heterocycles. The number of rotatable bonds is 12. The number of para-hydroxylation sites is 2. The summed E-state index contributed by atoms with van der Waals surface area (Å²) in [7, 11) is 0. The van der Waals surface area contributed by atoms with Gasteiger partial charge in [0.25, 0.3) is 0 Å². The number of carboxylic acid groups (broad SMARTS) is 1. The first-order chi connectivity index (χ1) is 15.3. The summed E-state index contributed by atoms with van der Waals surface area (Å²) in [5.41, 5.74) is 1.52. The third-order valence-electron chi connectivity index (χ3n) is 5.69. The normalized spacial score (nSPS) is 13.8. The van der Waals surface area contributed by atoms with Gasteiger partial charge in [-0.2, -0.15) is 0 Å². The SMILES string of the molecule is CCCCCC(NC(CC)c1ccc(OC(C)(C)C(=O)O)cc1)c1nc2ccccc2o1. The van der Waals surface area contributed by atoms with E-state index < -0.39 is 11.6 Å². The van der Waals surface area contributed by atoms with Crippen molar-refractivity contribution < 1.29 is 19.1 Å². The first-order valence-electron chi connectivity index (χ1n) is 11.5. The molecule has 3 rings (SSSR count). The van der Waals surface area contributed by atoms with Crippen LogP contribution in [0.2, 0.25) is 0 Å². The molecule has 0 aliphatic carbocycles. The van der Waals surface area contributed by atoms with Gasteiger partial charge in [0.05, 0.1) is 6.04 Å². The van der Waals surface area contributed by atoms with E-state index in [0.29, 0.717) is 5.75 Å². The van der Waals surface area contributed by atoms with Crippen molar-refractivity contribution in [2.75, 3.05) is 0 Å². The van der Waals surface area contributed by atoms with Crippen molar-refractivity contribution in [2.45, 2.75) is 77.5 Å². The average Bonchev–Trinajstić information content (AvgIpc) is 3.21. The Bertz CT molecular complexity index is 977. The van der Waals surface area contributed by atoms with Gasteiger partial charge in [-0.15, -0.1) is 0 Å². The Morgan fingerprint density at radius 3 is 2.44 bits per heavy atom. The number of hydrogen-bond acceptors (Lipinski definition) is 5. The Hall–Kier alpha value is -2.86. The van der Waals surface area contributed by atoms with Crippen LogP contribution in [-0.2, 0) is 4.79 Å². The van der Waals surface area contributed by atoms with E-state index in [1.54, 1.807) is 13.8 Å². The molecule has 172 valence electrons. The van der Waals surface area contributed by atoms with Crippen LogP contribution in [0.25, 0.3) is 11.1 Å². The fourth-order valence-corrected chi connectivity index (χ4v) is 3.71. The number of nitrogens with one attached hydrogen (secondary N) is 1. The van der Waals surface area contributed by atoms with E-state index in [4.69, 9.17) is 14.1 Å².